The zero-order valence-corrected chi connectivity index (χ0v) is 11.8. The van der Waals surface area contributed by atoms with Gasteiger partial charge in [0.15, 0.2) is 0 Å². The Kier molecular flexibility index (Phi) is 5.83. The maximum absolute atomic E-state index is 11.5. The second-order valence-corrected chi connectivity index (χ2v) is 5.22. The van der Waals surface area contributed by atoms with Crippen molar-refractivity contribution in [2.24, 2.45) is 5.92 Å². The monoisotopic (exact) mass is 283 g/mol. The smallest absolute Gasteiger partial charge is 0.408 e. The van der Waals surface area contributed by atoms with Crippen molar-refractivity contribution >= 4 is 22.9 Å². The number of carboxylic acid groups (broad SMARTS) is 1. The molecule has 0 saturated carbocycles. The number of benzene rings is 1. The molecule has 5 heteroatoms. The molecule has 4 nitrogen and oxygen atoms in total. The molecule has 0 bridgehead atoms. The fourth-order valence-electron chi connectivity index (χ4n) is 1.88. The van der Waals surface area contributed by atoms with Crippen LogP contribution in [0.2, 0.25) is 0 Å². The number of hydrogen-bond acceptors (Lipinski definition) is 2. The van der Waals surface area contributed by atoms with Gasteiger partial charge in [0.2, 0.25) is 5.24 Å². The Morgan fingerprint density at radius 2 is 1.84 bits per heavy atom. The van der Waals surface area contributed by atoms with Gasteiger partial charge in [0, 0.05) is 6.54 Å². The summed E-state index contributed by atoms with van der Waals surface area (Å²) in [5, 5.41) is 8.65. The first kappa shape index (κ1) is 15.5. The molecule has 0 aromatic heterocycles. The maximum atomic E-state index is 11.5. The van der Waals surface area contributed by atoms with E-state index in [0.29, 0.717) is 6.42 Å². The highest BCUT2D eigenvalue weighted by molar-refractivity contribution is 6.64. The molecule has 1 unspecified atom stereocenters. The molecule has 0 heterocycles. The van der Waals surface area contributed by atoms with E-state index in [1.807, 2.05) is 44.2 Å². The molecule has 1 aromatic carbocycles. The minimum atomic E-state index is -1.14. The molecular weight excluding hydrogens is 266 g/mol. The number of hydrogen-bond donors (Lipinski definition) is 1. The third-order valence-electron chi connectivity index (χ3n) is 2.77. The van der Waals surface area contributed by atoms with E-state index in [1.165, 1.54) is 0 Å². The van der Waals surface area contributed by atoms with Crippen LogP contribution in [0.1, 0.15) is 25.8 Å². The lowest BCUT2D eigenvalue weighted by Crippen LogP contribution is -2.43. The highest BCUT2D eigenvalue weighted by Crippen LogP contribution is 2.17. The molecule has 0 fully saturated rings. The predicted molar refractivity (Wildman–Crippen MR) is 74.1 cm³/mol. The van der Waals surface area contributed by atoms with Crippen LogP contribution in [-0.4, -0.2) is 27.4 Å². The summed E-state index contributed by atoms with van der Waals surface area (Å²) in [7, 11) is 0. The molecule has 19 heavy (non-hydrogen) atoms. The van der Waals surface area contributed by atoms with E-state index in [-0.39, 0.29) is 12.5 Å². The number of halogens is 1. The van der Waals surface area contributed by atoms with Gasteiger partial charge in [-0.25, -0.2) is 4.79 Å². The number of carbonyl (C=O) groups is 2. The molecule has 0 spiro atoms. The van der Waals surface area contributed by atoms with Gasteiger partial charge in [0.05, 0.1) is 0 Å². The molecular formula is C14H18ClNO3. The van der Waals surface area contributed by atoms with Crippen LogP contribution in [0, 0.1) is 5.92 Å². The molecule has 1 atom stereocenters. The fourth-order valence-corrected chi connectivity index (χ4v) is 2.09. The molecule has 0 aliphatic rings. The maximum Gasteiger partial charge on any atom is 0.408 e. The first-order chi connectivity index (χ1) is 8.91. The third kappa shape index (κ3) is 4.91. The molecule has 0 aliphatic carbocycles. The molecule has 1 amide bonds. The standard InChI is InChI=1S/C14H18ClNO3/c1-10(2)8-12(13(15)17)16(14(18)19)9-11-6-4-3-5-7-11/h3-7,10,12H,8-9H2,1-2H3,(H,18,19). The Labute approximate surface area is 118 Å². The van der Waals surface area contributed by atoms with Crippen molar-refractivity contribution in [2.45, 2.75) is 32.9 Å². The van der Waals surface area contributed by atoms with E-state index in [1.54, 1.807) is 0 Å². The summed E-state index contributed by atoms with van der Waals surface area (Å²) in [6, 6.07) is 8.35. The quantitative estimate of drug-likeness (QED) is 0.815. The van der Waals surface area contributed by atoms with Crippen molar-refractivity contribution in [3.63, 3.8) is 0 Å². The van der Waals surface area contributed by atoms with E-state index < -0.39 is 17.4 Å². The molecule has 1 N–H and O–H groups in total. The Balaban J connectivity index is 2.91. The zero-order chi connectivity index (χ0) is 14.4. The van der Waals surface area contributed by atoms with Crippen LogP contribution >= 0.6 is 11.6 Å². The van der Waals surface area contributed by atoms with Gasteiger partial charge in [0.25, 0.3) is 0 Å². The lowest BCUT2D eigenvalue weighted by molar-refractivity contribution is -0.116. The Morgan fingerprint density at radius 1 is 1.26 bits per heavy atom. The van der Waals surface area contributed by atoms with Crippen molar-refractivity contribution in [1.82, 2.24) is 4.90 Å². The van der Waals surface area contributed by atoms with Gasteiger partial charge >= 0.3 is 6.09 Å². The first-order valence-corrected chi connectivity index (χ1v) is 6.52. The van der Waals surface area contributed by atoms with Crippen molar-refractivity contribution < 1.29 is 14.7 Å². The summed E-state index contributed by atoms with van der Waals surface area (Å²) in [5.74, 6) is 0.185. The third-order valence-corrected chi connectivity index (χ3v) is 3.03. The molecule has 0 aliphatic heterocycles. The highest BCUT2D eigenvalue weighted by Gasteiger charge is 2.29. The molecule has 1 aromatic rings. The molecule has 104 valence electrons. The van der Waals surface area contributed by atoms with Crippen LogP contribution in [-0.2, 0) is 11.3 Å². The van der Waals surface area contributed by atoms with E-state index in [0.717, 1.165) is 10.5 Å². The predicted octanol–water partition coefficient (Wildman–Crippen LogP) is 3.35. The van der Waals surface area contributed by atoms with Crippen molar-refractivity contribution in [2.75, 3.05) is 0 Å². The van der Waals surface area contributed by atoms with E-state index in [2.05, 4.69) is 0 Å². The average molecular weight is 284 g/mol. The van der Waals surface area contributed by atoms with Crippen molar-refractivity contribution in [3.05, 3.63) is 35.9 Å². The van der Waals surface area contributed by atoms with Crippen LogP contribution in [0.15, 0.2) is 30.3 Å². The zero-order valence-electron chi connectivity index (χ0n) is 11.0. The lowest BCUT2D eigenvalue weighted by atomic mass is 10.0. The summed E-state index contributed by atoms with van der Waals surface area (Å²) in [5.41, 5.74) is 0.830. The summed E-state index contributed by atoms with van der Waals surface area (Å²) in [6.45, 7) is 4.01. The van der Waals surface area contributed by atoms with E-state index >= 15 is 0 Å². The Morgan fingerprint density at radius 3 is 2.26 bits per heavy atom. The van der Waals surface area contributed by atoms with Crippen molar-refractivity contribution in [3.8, 4) is 0 Å². The van der Waals surface area contributed by atoms with Crippen LogP contribution in [0.5, 0.6) is 0 Å². The van der Waals surface area contributed by atoms with Gasteiger partial charge < -0.3 is 5.11 Å². The fraction of sp³-hybridized carbons (Fsp3) is 0.429. The van der Waals surface area contributed by atoms with Gasteiger partial charge in [-0.15, -0.1) is 0 Å². The van der Waals surface area contributed by atoms with Crippen LogP contribution in [0.25, 0.3) is 0 Å². The van der Waals surface area contributed by atoms with Gasteiger partial charge in [-0.2, -0.15) is 0 Å². The number of amides is 1. The van der Waals surface area contributed by atoms with Gasteiger partial charge in [-0.3, -0.25) is 9.69 Å². The Bertz CT molecular complexity index is 434. The van der Waals surface area contributed by atoms with Gasteiger partial charge in [0.1, 0.15) is 6.04 Å². The van der Waals surface area contributed by atoms with Crippen LogP contribution < -0.4 is 0 Å². The lowest BCUT2D eigenvalue weighted by Gasteiger charge is -2.28. The van der Waals surface area contributed by atoms with Crippen molar-refractivity contribution in [1.29, 1.82) is 0 Å². The number of rotatable bonds is 6. The molecule has 0 saturated heterocycles. The van der Waals surface area contributed by atoms with Gasteiger partial charge in [-0.05, 0) is 29.5 Å². The summed E-state index contributed by atoms with van der Waals surface area (Å²) < 4.78 is 0. The normalized spacial score (nSPS) is 12.2. The molecule has 0 radical (unpaired) electrons. The average Bonchev–Trinajstić information content (AvgIpc) is 2.34. The second kappa shape index (κ2) is 7.14. The summed E-state index contributed by atoms with van der Waals surface area (Å²) >= 11 is 5.55. The molecule has 1 rings (SSSR count). The summed E-state index contributed by atoms with van der Waals surface area (Å²) in [4.78, 5) is 23.9. The summed E-state index contributed by atoms with van der Waals surface area (Å²) in [6.07, 6.45) is -0.718. The topological polar surface area (TPSA) is 57.6 Å². The number of nitrogens with zero attached hydrogens (tertiary/aromatic N) is 1. The number of carbonyl (C=O) groups excluding carboxylic acids is 1. The second-order valence-electron chi connectivity index (χ2n) is 4.85. The Hall–Kier alpha value is -1.55. The first-order valence-electron chi connectivity index (χ1n) is 6.14. The van der Waals surface area contributed by atoms with E-state index in [9.17, 15) is 14.7 Å². The highest BCUT2D eigenvalue weighted by atomic mass is 35.5. The van der Waals surface area contributed by atoms with Gasteiger partial charge in [-0.1, -0.05) is 44.2 Å². The largest absolute Gasteiger partial charge is 0.465 e. The van der Waals surface area contributed by atoms with Crippen LogP contribution in [0.4, 0.5) is 4.79 Å². The SMILES string of the molecule is CC(C)CC(C(=O)Cl)N(Cc1ccccc1)C(=O)O. The minimum absolute atomic E-state index is 0.159. The van der Waals surface area contributed by atoms with Crippen LogP contribution in [0.3, 0.4) is 0 Å². The van der Waals surface area contributed by atoms with E-state index in [4.69, 9.17) is 11.6 Å². The minimum Gasteiger partial charge on any atom is -0.465 e.